The van der Waals surface area contributed by atoms with Crippen LogP contribution in [0.2, 0.25) is 0 Å². The first kappa shape index (κ1) is 15.4. The lowest BCUT2D eigenvalue weighted by Crippen LogP contribution is -2.41. The maximum absolute atomic E-state index is 11.5. The van der Waals surface area contributed by atoms with Gasteiger partial charge in [-0.1, -0.05) is 26.2 Å². The van der Waals surface area contributed by atoms with E-state index in [1.54, 1.807) is 0 Å². The van der Waals surface area contributed by atoms with E-state index < -0.39 is 0 Å². The van der Waals surface area contributed by atoms with E-state index in [4.69, 9.17) is 4.74 Å². The predicted molar refractivity (Wildman–Crippen MR) is 71.3 cm³/mol. The molecule has 1 saturated carbocycles. The van der Waals surface area contributed by atoms with Crippen LogP contribution in [-0.2, 0) is 9.53 Å². The van der Waals surface area contributed by atoms with Crippen LogP contribution in [0.1, 0.15) is 46.0 Å². The van der Waals surface area contributed by atoms with Crippen molar-refractivity contribution in [3.05, 3.63) is 0 Å². The fraction of sp³-hybridized carbons (Fsp3) is 0.929. The second-order valence-electron chi connectivity index (χ2n) is 5.50. The zero-order valence-electron chi connectivity index (χ0n) is 11.7. The van der Waals surface area contributed by atoms with Gasteiger partial charge in [-0.3, -0.25) is 4.79 Å². The van der Waals surface area contributed by atoms with Crippen molar-refractivity contribution in [3.63, 3.8) is 0 Å². The number of aliphatic hydroxyl groups excluding tert-OH is 1. The molecule has 1 unspecified atom stereocenters. The van der Waals surface area contributed by atoms with Crippen molar-refractivity contribution in [2.24, 2.45) is 11.3 Å². The minimum absolute atomic E-state index is 0.0344. The summed E-state index contributed by atoms with van der Waals surface area (Å²) in [5.74, 6) is -0.268. The summed E-state index contributed by atoms with van der Waals surface area (Å²) in [6.45, 7) is 5.80. The van der Waals surface area contributed by atoms with Crippen LogP contribution in [0.4, 0.5) is 0 Å². The number of hydrogen-bond acceptors (Lipinski definition) is 4. The molecule has 106 valence electrons. The number of hydrogen-bond donors (Lipinski definition) is 2. The fourth-order valence-electron chi connectivity index (χ4n) is 2.61. The first-order chi connectivity index (χ1) is 8.63. The molecule has 0 bridgehead atoms. The standard InChI is InChI=1S/C14H27NO3/c1-3-18-13(17)12(2)9-15-10-14(11-16)7-5-4-6-8-14/h12,15-16H,3-11H2,1-2H3. The number of nitrogens with one attached hydrogen (secondary N) is 1. The van der Waals surface area contributed by atoms with Crippen LogP contribution >= 0.6 is 0 Å². The van der Waals surface area contributed by atoms with Crippen molar-refractivity contribution in [2.75, 3.05) is 26.3 Å². The van der Waals surface area contributed by atoms with Gasteiger partial charge in [0.2, 0.25) is 0 Å². The zero-order valence-corrected chi connectivity index (χ0v) is 11.7. The van der Waals surface area contributed by atoms with Crippen molar-refractivity contribution >= 4 is 5.97 Å². The van der Waals surface area contributed by atoms with Gasteiger partial charge in [-0.2, -0.15) is 0 Å². The average molecular weight is 257 g/mol. The highest BCUT2D eigenvalue weighted by Gasteiger charge is 2.31. The second kappa shape index (κ2) is 7.74. The molecule has 0 aromatic carbocycles. The molecule has 4 nitrogen and oxygen atoms in total. The normalized spacial score (nSPS) is 20.4. The van der Waals surface area contributed by atoms with Gasteiger partial charge in [0.25, 0.3) is 0 Å². The summed E-state index contributed by atoms with van der Waals surface area (Å²) in [7, 11) is 0. The largest absolute Gasteiger partial charge is 0.466 e. The van der Waals surface area contributed by atoms with Crippen LogP contribution in [0.5, 0.6) is 0 Å². The van der Waals surface area contributed by atoms with Crippen LogP contribution in [-0.4, -0.2) is 37.4 Å². The maximum atomic E-state index is 11.5. The van der Waals surface area contributed by atoms with Gasteiger partial charge in [0, 0.05) is 25.1 Å². The highest BCUT2D eigenvalue weighted by molar-refractivity contribution is 5.72. The molecule has 0 radical (unpaired) electrons. The summed E-state index contributed by atoms with van der Waals surface area (Å²) >= 11 is 0. The molecule has 0 aromatic rings. The van der Waals surface area contributed by atoms with E-state index in [-0.39, 0.29) is 23.9 Å². The van der Waals surface area contributed by atoms with Crippen LogP contribution in [0, 0.1) is 11.3 Å². The molecule has 1 fully saturated rings. The summed E-state index contributed by atoms with van der Waals surface area (Å²) < 4.78 is 4.97. The molecule has 0 saturated heterocycles. The van der Waals surface area contributed by atoms with Crippen molar-refractivity contribution < 1.29 is 14.6 Å². The smallest absolute Gasteiger partial charge is 0.309 e. The van der Waals surface area contributed by atoms with E-state index in [0.29, 0.717) is 13.2 Å². The molecule has 0 heterocycles. The lowest BCUT2D eigenvalue weighted by Gasteiger charge is -2.36. The third-order valence-corrected chi connectivity index (χ3v) is 3.89. The average Bonchev–Trinajstić information content (AvgIpc) is 2.40. The van der Waals surface area contributed by atoms with Crippen molar-refractivity contribution in [1.29, 1.82) is 0 Å². The molecule has 0 spiro atoms. The predicted octanol–water partition coefficient (Wildman–Crippen LogP) is 1.72. The minimum atomic E-state index is -0.147. The van der Waals surface area contributed by atoms with Gasteiger partial charge in [0.05, 0.1) is 12.5 Å². The molecule has 1 atom stereocenters. The van der Waals surface area contributed by atoms with E-state index in [1.165, 1.54) is 19.3 Å². The Hall–Kier alpha value is -0.610. The van der Waals surface area contributed by atoms with E-state index in [2.05, 4.69) is 5.32 Å². The summed E-state index contributed by atoms with van der Waals surface area (Å²) in [4.78, 5) is 11.5. The third kappa shape index (κ3) is 4.58. The first-order valence-corrected chi connectivity index (χ1v) is 7.12. The number of carbonyl (C=O) groups is 1. The Morgan fingerprint density at radius 1 is 1.39 bits per heavy atom. The van der Waals surface area contributed by atoms with Gasteiger partial charge in [-0.25, -0.2) is 0 Å². The van der Waals surface area contributed by atoms with Gasteiger partial charge in [0.1, 0.15) is 0 Å². The van der Waals surface area contributed by atoms with Gasteiger partial charge >= 0.3 is 5.97 Å². The van der Waals surface area contributed by atoms with Crippen LogP contribution in [0.3, 0.4) is 0 Å². The van der Waals surface area contributed by atoms with Crippen LogP contribution < -0.4 is 5.32 Å². The van der Waals surface area contributed by atoms with Crippen molar-refractivity contribution in [2.45, 2.75) is 46.0 Å². The number of carbonyl (C=O) groups excluding carboxylic acids is 1. The van der Waals surface area contributed by atoms with E-state index >= 15 is 0 Å². The highest BCUT2D eigenvalue weighted by Crippen LogP contribution is 2.35. The Bertz CT molecular complexity index is 249. The summed E-state index contributed by atoms with van der Waals surface area (Å²) in [5, 5.41) is 12.9. The van der Waals surface area contributed by atoms with Gasteiger partial charge in [0.15, 0.2) is 0 Å². The Kier molecular flexibility index (Phi) is 6.65. The maximum Gasteiger partial charge on any atom is 0.309 e. The monoisotopic (exact) mass is 257 g/mol. The molecule has 1 rings (SSSR count). The fourth-order valence-corrected chi connectivity index (χ4v) is 2.61. The summed E-state index contributed by atoms with van der Waals surface area (Å²) in [6.07, 6.45) is 5.86. The molecule has 2 N–H and O–H groups in total. The quantitative estimate of drug-likeness (QED) is 0.682. The summed E-state index contributed by atoms with van der Waals surface area (Å²) in [5.41, 5.74) is 0.0344. The Morgan fingerprint density at radius 3 is 2.61 bits per heavy atom. The van der Waals surface area contributed by atoms with E-state index in [0.717, 1.165) is 19.4 Å². The van der Waals surface area contributed by atoms with Crippen molar-refractivity contribution in [1.82, 2.24) is 5.32 Å². The first-order valence-electron chi connectivity index (χ1n) is 7.12. The molecule has 0 aromatic heterocycles. The SMILES string of the molecule is CCOC(=O)C(C)CNCC1(CO)CCCCC1. The Morgan fingerprint density at radius 2 is 2.06 bits per heavy atom. The van der Waals surface area contributed by atoms with Gasteiger partial charge < -0.3 is 15.2 Å². The molecule has 1 aliphatic carbocycles. The molecule has 4 heteroatoms. The molecule has 0 aliphatic heterocycles. The lowest BCUT2D eigenvalue weighted by atomic mass is 9.74. The van der Waals surface area contributed by atoms with Gasteiger partial charge in [-0.05, 0) is 19.8 Å². The summed E-state index contributed by atoms with van der Waals surface area (Å²) in [6, 6.07) is 0. The highest BCUT2D eigenvalue weighted by atomic mass is 16.5. The molecular weight excluding hydrogens is 230 g/mol. The van der Waals surface area contributed by atoms with Crippen molar-refractivity contribution in [3.8, 4) is 0 Å². The van der Waals surface area contributed by atoms with Gasteiger partial charge in [-0.15, -0.1) is 0 Å². The topological polar surface area (TPSA) is 58.6 Å². The zero-order chi connectivity index (χ0) is 13.4. The third-order valence-electron chi connectivity index (χ3n) is 3.89. The number of esters is 1. The second-order valence-corrected chi connectivity index (χ2v) is 5.50. The van der Waals surface area contributed by atoms with E-state index in [1.807, 2.05) is 13.8 Å². The van der Waals surface area contributed by atoms with Crippen LogP contribution in [0.25, 0.3) is 0 Å². The number of aliphatic hydroxyl groups is 1. The lowest BCUT2D eigenvalue weighted by molar-refractivity contribution is -0.147. The van der Waals surface area contributed by atoms with Crippen LogP contribution in [0.15, 0.2) is 0 Å². The minimum Gasteiger partial charge on any atom is -0.466 e. The molecule has 0 amide bonds. The molecular formula is C14H27NO3. The van der Waals surface area contributed by atoms with E-state index in [9.17, 15) is 9.90 Å². The number of rotatable bonds is 7. The Labute approximate surface area is 110 Å². The molecule has 1 aliphatic rings. The Balaban J connectivity index is 2.28. The number of ether oxygens (including phenoxy) is 1. The molecule has 18 heavy (non-hydrogen) atoms.